The molecule has 0 heterocycles. The maximum absolute atomic E-state index is 11.3. The van der Waals surface area contributed by atoms with E-state index in [1.165, 1.54) is 70.6 Å². The van der Waals surface area contributed by atoms with Gasteiger partial charge in [-0.3, -0.25) is 4.21 Å². The zero-order chi connectivity index (χ0) is 20.0. The molecule has 0 saturated carbocycles. The van der Waals surface area contributed by atoms with Crippen molar-refractivity contribution in [3.8, 4) is 0 Å². The summed E-state index contributed by atoms with van der Waals surface area (Å²) in [6.45, 7) is 8.90. The third-order valence-electron chi connectivity index (χ3n) is 5.09. The van der Waals surface area contributed by atoms with Gasteiger partial charge in [0.2, 0.25) is 0 Å². The van der Waals surface area contributed by atoms with Gasteiger partial charge in [0.25, 0.3) is 0 Å². The van der Waals surface area contributed by atoms with E-state index in [0.29, 0.717) is 0 Å². The van der Waals surface area contributed by atoms with Crippen LogP contribution in [0.15, 0.2) is 0 Å². The zero-order valence-electron chi connectivity index (χ0n) is 18.6. The molecule has 2 atom stereocenters. The molecule has 0 rings (SSSR count). The molecule has 164 valence electrons. The predicted octanol–water partition coefficient (Wildman–Crippen LogP) is 6.66. The Hall–Kier alpha value is 0.0700. The van der Waals surface area contributed by atoms with Crippen LogP contribution in [-0.4, -0.2) is 41.6 Å². The van der Waals surface area contributed by atoms with Crippen molar-refractivity contribution in [1.29, 1.82) is 0 Å². The molecule has 0 amide bonds. The normalized spacial score (nSPS) is 13.7. The van der Waals surface area contributed by atoms with Gasteiger partial charge in [-0.25, -0.2) is 0 Å². The van der Waals surface area contributed by atoms with Crippen molar-refractivity contribution >= 4 is 10.8 Å². The summed E-state index contributed by atoms with van der Waals surface area (Å²) in [4.78, 5) is 0. The van der Waals surface area contributed by atoms with Crippen molar-refractivity contribution in [1.82, 2.24) is 0 Å². The molecule has 0 aromatic rings. The van der Waals surface area contributed by atoms with Gasteiger partial charge in [-0.2, -0.15) is 0 Å². The fourth-order valence-electron chi connectivity index (χ4n) is 3.10. The highest BCUT2D eigenvalue weighted by Crippen LogP contribution is 2.12. The average molecular weight is 405 g/mol. The van der Waals surface area contributed by atoms with Crippen molar-refractivity contribution in [2.75, 3.05) is 31.3 Å². The van der Waals surface area contributed by atoms with Crippen LogP contribution in [0.25, 0.3) is 0 Å². The SMILES string of the molecule is CCCCOC(CC)COCCCCCCCCCCCCCS(=O)CC. The Labute approximate surface area is 172 Å². The summed E-state index contributed by atoms with van der Waals surface area (Å²) >= 11 is 0. The molecule has 0 fully saturated rings. The largest absolute Gasteiger partial charge is 0.379 e. The molecule has 0 bridgehead atoms. The molecule has 0 saturated heterocycles. The Kier molecular flexibility index (Phi) is 22.4. The second kappa shape index (κ2) is 22.4. The van der Waals surface area contributed by atoms with E-state index in [4.69, 9.17) is 9.47 Å². The molecule has 0 spiro atoms. The molecule has 2 unspecified atom stereocenters. The van der Waals surface area contributed by atoms with Gasteiger partial charge in [0.15, 0.2) is 0 Å². The zero-order valence-corrected chi connectivity index (χ0v) is 19.5. The third kappa shape index (κ3) is 20.6. The van der Waals surface area contributed by atoms with E-state index in [9.17, 15) is 4.21 Å². The van der Waals surface area contributed by atoms with Gasteiger partial charge in [0, 0.05) is 35.5 Å². The van der Waals surface area contributed by atoms with E-state index in [-0.39, 0.29) is 6.10 Å². The van der Waals surface area contributed by atoms with E-state index in [0.717, 1.165) is 50.6 Å². The minimum atomic E-state index is -0.563. The highest BCUT2D eigenvalue weighted by atomic mass is 32.2. The Morgan fingerprint density at radius 1 is 0.704 bits per heavy atom. The first-order valence-electron chi connectivity index (χ1n) is 11.8. The van der Waals surface area contributed by atoms with Gasteiger partial charge < -0.3 is 9.47 Å². The average Bonchev–Trinajstić information content (AvgIpc) is 2.69. The maximum atomic E-state index is 11.3. The minimum absolute atomic E-state index is 0.283. The quantitative estimate of drug-likeness (QED) is 0.189. The van der Waals surface area contributed by atoms with Crippen LogP contribution in [0.1, 0.15) is 111 Å². The van der Waals surface area contributed by atoms with Gasteiger partial charge in [-0.1, -0.05) is 85.0 Å². The summed E-state index contributed by atoms with van der Waals surface area (Å²) in [6.07, 6.45) is 18.1. The van der Waals surface area contributed by atoms with Crippen LogP contribution in [0.3, 0.4) is 0 Å². The fraction of sp³-hybridized carbons (Fsp3) is 1.00. The number of rotatable bonds is 22. The Morgan fingerprint density at radius 2 is 1.26 bits per heavy atom. The lowest BCUT2D eigenvalue weighted by molar-refractivity contribution is -0.0197. The molecule has 27 heavy (non-hydrogen) atoms. The molecular weight excluding hydrogens is 356 g/mol. The van der Waals surface area contributed by atoms with E-state index >= 15 is 0 Å². The number of unbranched alkanes of at least 4 members (excludes halogenated alkanes) is 11. The molecule has 0 aliphatic carbocycles. The van der Waals surface area contributed by atoms with Crippen molar-refractivity contribution < 1.29 is 13.7 Å². The van der Waals surface area contributed by atoms with Crippen LogP contribution in [0, 0.1) is 0 Å². The molecule has 3 nitrogen and oxygen atoms in total. The van der Waals surface area contributed by atoms with Gasteiger partial charge in [-0.05, 0) is 25.7 Å². The summed E-state index contributed by atoms with van der Waals surface area (Å²) in [6, 6.07) is 0. The molecule has 0 aromatic carbocycles. The highest BCUT2D eigenvalue weighted by Gasteiger charge is 2.06. The van der Waals surface area contributed by atoms with Crippen molar-refractivity contribution in [3.05, 3.63) is 0 Å². The third-order valence-corrected chi connectivity index (χ3v) is 6.48. The second-order valence-electron chi connectivity index (χ2n) is 7.65. The lowest BCUT2D eigenvalue weighted by Gasteiger charge is -2.16. The van der Waals surface area contributed by atoms with Crippen LogP contribution in [0.5, 0.6) is 0 Å². The molecule has 0 aliphatic heterocycles. The number of ether oxygens (including phenoxy) is 2. The van der Waals surface area contributed by atoms with Gasteiger partial charge >= 0.3 is 0 Å². The smallest absolute Gasteiger partial charge is 0.0805 e. The summed E-state index contributed by atoms with van der Waals surface area (Å²) in [7, 11) is -0.563. The summed E-state index contributed by atoms with van der Waals surface area (Å²) < 4.78 is 22.9. The lowest BCUT2D eigenvalue weighted by atomic mass is 10.1. The molecule has 0 aliphatic rings. The van der Waals surface area contributed by atoms with Gasteiger partial charge in [0.1, 0.15) is 0 Å². The van der Waals surface area contributed by atoms with Crippen LogP contribution in [0.4, 0.5) is 0 Å². The fourth-order valence-corrected chi connectivity index (χ4v) is 3.91. The minimum Gasteiger partial charge on any atom is -0.379 e. The van der Waals surface area contributed by atoms with Crippen LogP contribution < -0.4 is 0 Å². The number of hydrogen-bond donors (Lipinski definition) is 0. The maximum Gasteiger partial charge on any atom is 0.0805 e. The van der Waals surface area contributed by atoms with Crippen LogP contribution in [0.2, 0.25) is 0 Å². The van der Waals surface area contributed by atoms with Crippen LogP contribution >= 0.6 is 0 Å². The molecule has 0 radical (unpaired) electrons. The van der Waals surface area contributed by atoms with E-state index in [2.05, 4.69) is 13.8 Å². The monoisotopic (exact) mass is 404 g/mol. The lowest BCUT2D eigenvalue weighted by Crippen LogP contribution is -2.20. The van der Waals surface area contributed by atoms with E-state index in [1.807, 2.05) is 6.92 Å². The summed E-state index contributed by atoms with van der Waals surface area (Å²) in [5.41, 5.74) is 0. The van der Waals surface area contributed by atoms with Gasteiger partial charge in [-0.15, -0.1) is 0 Å². The van der Waals surface area contributed by atoms with Crippen molar-refractivity contribution in [2.24, 2.45) is 0 Å². The highest BCUT2D eigenvalue weighted by molar-refractivity contribution is 7.84. The van der Waals surface area contributed by atoms with Gasteiger partial charge in [0.05, 0.1) is 12.7 Å². The van der Waals surface area contributed by atoms with E-state index in [1.54, 1.807) is 0 Å². The van der Waals surface area contributed by atoms with Crippen LogP contribution in [-0.2, 0) is 20.3 Å². The van der Waals surface area contributed by atoms with E-state index < -0.39 is 10.8 Å². The second-order valence-corrected chi connectivity index (χ2v) is 9.52. The predicted molar refractivity (Wildman–Crippen MR) is 120 cm³/mol. The molecule has 4 heteroatoms. The van der Waals surface area contributed by atoms with Crippen molar-refractivity contribution in [2.45, 2.75) is 117 Å². The molecule has 0 N–H and O–H groups in total. The first kappa shape index (κ1) is 27.1. The summed E-state index contributed by atoms with van der Waals surface area (Å²) in [5.74, 6) is 1.73. The number of hydrogen-bond acceptors (Lipinski definition) is 3. The Morgan fingerprint density at radius 3 is 1.78 bits per heavy atom. The first-order chi connectivity index (χ1) is 13.2. The molecular formula is C23H48O3S. The Bertz CT molecular complexity index is 310. The molecule has 0 aromatic heterocycles. The standard InChI is InChI=1S/C23H48O3S/c1-4-7-20-26-23(5-2)22-25-19-17-15-13-11-9-8-10-12-14-16-18-21-27(24)6-3/h23H,4-22H2,1-3H3. The van der Waals surface area contributed by atoms with Crippen molar-refractivity contribution in [3.63, 3.8) is 0 Å². The summed E-state index contributed by atoms with van der Waals surface area (Å²) in [5, 5.41) is 0. The Balaban J connectivity index is 3.19. The first-order valence-corrected chi connectivity index (χ1v) is 13.3. The topological polar surface area (TPSA) is 35.5 Å².